The smallest absolute Gasteiger partial charge is 0.266 e. The quantitative estimate of drug-likeness (QED) is 0.450. The molecule has 4 nitrogen and oxygen atoms in total. The Kier molecular flexibility index (Phi) is 6.46. The molecule has 3 aromatic rings. The predicted molar refractivity (Wildman–Crippen MR) is 111 cm³/mol. The summed E-state index contributed by atoms with van der Waals surface area (Å²) in [6, 6.07) is 25.6. The normalized spacial score (nSPS) is 10.8. The molecule has 0 bridgehead atoms. The minimum absolute atomic E-state index is 0.0127. The van der Waals surface area contributed by atoms with E-state index in [4.69, 9.17) is 16.3 Å². The van der Waals surface area contributed by atoms with Crippen LogP contribution in [0, 0.1) is 11.3 Å². The van der Waals surface area contributed by atoms with E-state index in [0.717, 1.165) is 5.56 Å². The van der Waals surface area contributed by atoms with Crippen molar-refractivity contribution < 1.29 is 9.53 Å². The summed E-state index contributed by atoms with van der Waals surface area (Å²) in [5.74, 6) is 0.186. The molecule has 0 aromatic heterocycles. The van der Waals surface area contributed by atoms with Gasteiger partial charge < -0.3 is 10.1 Å². The first-order valence-electron chi connectivity index (χ1n) is 8.59. The minimum Gasteiger partial charge on any atom is -0.489 e. The molecule has 3 aromatic carbocycles. The van der Waals surface area contributed by atoms with Crippen LogP contribution in [0.4, 0.5) is 5.69 Å². The summed E-state index contributed by atoms with van der Waals surface area (Å²) in [6.07, 6.45) is 1.54. The summed E-state index contributed by atoms with van der Waals surface area (Å²) in [5.41, 5.74) is 2.34. The van der Waals surface area contributed by atoms with Crippen molar-refractivity contribution in [2.45, 2.75) is 6.61 Å². The van der Waals surface area contributed by atoms with E-state index in [0.29, 0.717) is 28.6 Å². The third-order valence-electron chi connectivity index (χ3n) is 3.88. The Morgan fingerprint density at radius 1 is 1.04 bits per heavy atom. The molecule has 0 heterocycles. The summed E-state index contributed by atoms with van der Waals surface area (Å²) < 4.78 is 5.79. The Balaban J connectivity index is 1.69. The van der Waals surface area contributed by atoms with E-state index >= 15 is 0 Å². The second-order valence-corrected chi connectivity index (χ2v) is 6.41. The summed E-state index contributed by atoms with van der Waals surface area (Å²) in [4.78, 5) is 12.3. The number of carbonyl (C=O) groups is 1. The molecule has 138 valence electrons. The van der Waals surface area contributed by atoms with Gasteiger partial charge in [-0.05, 0) is 53.6 Å². The molecule has 28 heavy (non-hydrogen) atoms. The van der Waals surface area contributed by atoms with Crippen LogP contribution in [-0.2, 0) is 11.4 Å². The van der Waals surface area contributed by atoms with Gasteiger partial charge in [-0.15, -0.1) is 0 Å². The topological polar surface area (TPSA) is 62.1 Å². The van der Waals surface area contributed by atoms with Crippen LogP contribution < -0.4 is 10.1 Å². The molecule has 0 spiro atoms. The Labute approximate surface area is 168 Å². The predicted octanol–water partition coefficient (Wildman–Crippen LogP) is 5.46. The van der Waals surface area contributed by atoms with Crippen LogP contribution in [-0.4, -0.2) is 5.91 Å². The lowest BCUT2D eigenvalue weighted by Crippen LogP contribution is -2.13. The molecular formula is C23H17ClN2O2. The summed E-state index contributed by atoms with van der Waals surface area (Å²) in [7, 11) is 0. The number of nitriles is 1. The minimum atomic E-state index is -0.457. The summed E-state index contributed by atoms with van der Waals surface area (Å²) >= 11 is 5.88. The number of amides is 1. The van der Waals surface area contributed by atoms with E-state index in [-0.39, 0.29) is 5.57 Å². The Hall–Kier alpha value is -3.55. The van der Waals surface area contributed by atoms with Gasteiger partial charge in [-0.1, -0.05) is 54.1 Å². The zero-order valence-electron chi connectivity index (χ0n) is 14.9. The Morgan fingerprint density at radius 2 is 1.79 bits per heavy atom. The maximum Gasteiger partial charge on any atom is 0.266 e. The highest BCUT2D eigenvalue weighted by molar-refractivity contribution is 6.30. The third kappa shape index (κ3) is 5.47. The van der Waals surface area contributed by atoms with Crippen LogP contribution in [0.15, 0.2) is 84.4 Å². The van der Waals surface area contributed by atoms with E-state index in [1.807, 2.05) is 66.7 Å². The van der Waals surface area contributed by atoms with Gasteiger partial charge in [0, 0.05) is 10.7 Å². The maximum atomic E-state index is 12.3. The average Bonchev–Trinajstić information content (AvgIpc) is 2.72. The number of hydrogen-bond donors (Lipinski definition) is 1. The van der Waals surface area contributed by atoms with Gasteiger partial charge in [0.15, 0.2) is 0 Å². The molecule has 0 aliphatic rings. The molecule has 0 aliphatic heterocycles. The van der Waals surface area contributed by atoms with Crippen molar-refractivity contribution in [1.82, 2.24) is 0 Å². The Morgan fingerprint density at radius 3 is 2.50 bits per heavy atom. The Bertz CT molecular complexity index is 1020. The van der Waals surface area contributed by atoms with Crippen LogP contribution >= 0.6 is 11.6 Å². The maximum absolute atomic E-state index is 12.3. The zero-order chi connectivity index (χ0) is 19.8. The second kappa shape index (κ2) is 9.40. The molecule has 0 aliphatic carbocycles. The highest BCUT2D eigenvalue weighted by Crippen LogP contribution is 2.19. The highest BCUT2D eigenvalue weighted by Gasteiger charge is 2.09. The van der Waals surface area contributed by atoms with Crippen molar-refractivity contribution in [3.05, 3.63) is 101 Å². The average molecular weight is 389 g/mol. The van der Waals surface area contributed by atoms with Crippen molar-refractivity contribution in [2.75, 3.05) is 5.32 Å². The molecule has 3 rings (SSSR count). The monoisotopic (exact) mass is 388 g/mol. The fraction of sp³-hybridized carbons (Fsp3) is 0.0435. The van der Waals surface area contributed by atoms with Crippen molar-refractivity contribution in [3.63, 3.8) is 0 Å². The van der Waals surface area contributed by atoms with Gasteiger partial charge in [0.2, 0.25) is 0 Å². The number of ether oxygens (including phenoxy) is 1. The van der Waals surface area contributed by atoms with Gasteiger partial charge in [0.1, 0.15) is 24.0 Å². The summed E-state index contributed by atoms with van der Waals surface area (Å²) in [5, 5.41) is 12.7. The van der Waals surface area contributed by atoms with Crippen LogP contribution in [0.5, 0.6) is 5.75 Å². The fourth-order valence-electron chi connectivity index (χ4n) is 2.48. The van der Waals surface area contributed by atoms with Crippen LogP contribution in [0.3, 0.4) is 0 Å². The molecule has 0 radical (unpaired) electrons. The van der Waals surface area contributed by atoms with Gasteiger partial charge in [0.25, 0.3) is 5.91 Å². The molecular weight excluding hydrogens is 372 g/mol. The number of halogens is 1. The van der Waals surface area contributed by atoms with Crippen molar-refractivity contribution in [2.24, 2.45) is 0 Å². The van der Waals surface area contributed by atoms with Crippen LogP contribution in [0.25, 0.3) is 6.08 Å². The first-order valence-corrected chi connectivity index (χ1v) is 8.97. The number of para-hydroxylation sites is 1. The second-order valence-electron chi connectivity index (χ2n) is 5.98. The number of anilines is 1. The molecule has 0 saturated carbocycles. The molecule has 1 N–H and O–H groups in total. The number of rotatable bonds is 6. The van der Waals surface area contributed by atoms with Gasteiger partial charge >= 0.3 is 0 Å². The SMILES string of the molecule is N#C/C(=C\c1cccc(OCc2ccc(Cl)cc2)c1)C(=O)Nc1ccccc1. The van der Waals surface area contributed by atoms with Crippen molar-refractivity contribution in [1.29, 1.82) is 5.26 Å². The van der Waals surface area contributed by atoms with Crippen LogP contribution in [0.2, 0.25) is 5.02 Å². The molecule has 1 amide bonds. The summed E-state index contributed by atoms with van der Waals surface area (Å²) in [6.45, 7) is 0.393. The largest absolute Gasteiger partial charge is 0.489 e. The molecule has 5 heteroatoms. The third-order valence-corrected chi connectivity index (χ3v) is 4.14. The number of nitrogens with one attached hydrogen (secondary N) is 1. The van der Waals surface area contributed by atoms with E-state index in [1.165, 1.54) is 6.08 Å². The number of benzene rings is 3. The fourth-order valence-corrected chi connectivity index (χ4v) is 2.60. The van der Waals surface area contributed by atoms with E-state index in [2.05, 4.69) is 5.32 Å². The molecule has 0 atom stereocenters. The van der Waals surface area contributed by atoms with Gasteiger partial charge in [-0.3, -0.25) is 4.79 Å². The van der Waals surface area contributed by atoms with Gasteiger partial charge in [-0.2, -0.15) is 5.26 Å². The number of hydrogen-bond acceptors (Lipinski definition) is 3. The van der Waals surface area contributed by atoms with Crippen molar-refractivity contribution >= 4 is 29.3 Å². The van der Waals surface area contributed by atoms with Crippen molar-refractivity contribution in [3.8, 4) is 11.8 Å². The molecule has 0 saturated heterocycles. The molecule has 0 unspecified atom stereocenters. The zero-order valence-corrected chi connectivity index (χ0v) is 15.7. The lowest BCUT2D eigenvalue weighted by molar-refractivity contribution is -0.112. The standard InChI is InChI=1S/C23H17ClN2O2/c24-20-11-9-17(10-12-20)16-28-22-8-4-5-18(14-22)13-19(15-25)23(27)26-21-6-2-1-3-7-21/h1-14H,16H2,(H,26,27)/b19-13+. The number of nitrogens with zero attached hydrogens (tertiary/aromatic N) is 1. The highest BCUT2D eigenvalue weighted by atomic mass is 35.5. The van der Waals surface area contributed by atoms with E-state index in [9.17, 15) is 10.1 Å². The van der Waals surface area contributed by atoms with Gasteiger partial charge in [0.05, 0.1) is 0 Å². The van der Waals surface area contributed by atoms with Gasteiger partial charge in [-0.25, -0.2) is 0 Å². The van der Waals surface area contributed by atoms with Crippen LogP contribution in [0.1, 0.15) is 11.1 Å². The van der Waals surface area contributed by atoms with E-state index < -0.39 is 5.91 Å². The molecule has 0 fully saturated rings. The first-order chi connectivity index (χ1) is 13.6. The lowest BCUT2D eigenvalue weighted by atomic mass is 10.1. The first kappa shape index (κ1) is 19.2. The lowest BCUT2D eigenvalue weighted by Gasteiger charge is -2.08. The number of carbonyl (C=O) groups excluding carboxylic acids is 1. The van der Waals surface area contributed by atoms with E-state index in [1.54, 1.807) is 18.2 Å².